The van der Waals surface area contributed by atoms with Crippen LogP contribution >= 0.6 is 0 Å². The zero-order valence-electron chi connectivity index (χ0n) is 14.8. The fourth-order valence-electron chi connectivity index (χ4n) is 3.33. The maximum absolute atomic E-state index is 12.6. The zero-order valence-corrected chi connectivity index (χ0v) is 14.8. The van der Waals surface area contributed by atoms with Gasteiger partial charge in [-0.15, -0.1) is 0 Å². The Morgan fingerprint density at radius 2 is 1.84 bits per heavy atom. The lowest BCUT2D eigenvalue weighted by molar-refractivity contribution is -0.131. The van der Waals surface area contributed by atoms with E-state index in [4.69, 9.17) is 0 Å². The molecular formula is C21H24N2O2. The molecule has 0 bridgehead atoms. The van der Waals surface area contributed by atoms with Crippen LogP contribution in [0.4, 0.5) is 0 Å². The van der Waals surface area contributed by atoms with Gasteiger partial charge in [0.15, 0.2) is 0 Å². The van der Waals surface area contributed by atoms with E-state index < -0.39 is 0 Å². The molecule has 0 aromatic heterocycles. The van der Waals surface area contributed by atoms with Crippen molar-refractivity contribution in [2.45, 2.75) is 32.7 Å². The van der Waals surface area contributed by atoms with Crippen LogP contribution in [0.15, 0.2) is 48.5 Å². The monoisotopic (exact) mass is 336 g/mol. The summed E-state index contributed by atoms with van der Waals surface area (Å²) in [7, 11) is 0. The summed E-state index contributed by atoms with van der Waals surface area (Å²) < 4.78 is 0. The SMILES string of the molecule is Cc1ccc(C(=O)NCC(=O)N2CCCC2c2ccccc2)cc1C. The molecule has 4 nitrogen and oxygen atoms in total. The van der Waals surface area contributed by atoms with E-state index in [0.29, 0.717) is 5.56 Å². The second-order valence-electron chi connectivity index (χ2n) is 6.64. The van der Waals surface area contributed by atoms with Crippen molar-refractivity contribution in [2.75, 3.05) is 13.1 Å². The number of carbonyl (C=O) groups is 2. The van der Waals surface area contributed by atoms with Crippen molar-refractivity contribution in [1.82, 2.24) is 10.2 Å². The molecule has 0 radical (unpaired) electrons. The molecular weight excluding hydrogens is 312 g/mol. The Morgan fingerprint density at radius 3 is 2.56 bits per heavy atom. The van der Waals surface area contributed by atoms with E-state index in [1.807, 2.05) is 49.1 Å². The molecule has 2 amide bonds. The standard InChI is InChI=1S/C21H24N2O2/c1-15-10-11-18(13-16(15)2)21(25)22-14-20(24)23-12-6-9-19(23)17-7-4-3-5-8-17/h3-5,7-8,10-11,13,19H,6,9,12,14H2,1-2H3,(H,22,25). The van der Waals surface area contributed by atoms with Gasteiger partial charge in [-0.3, -0.25) is 9.59 Å². The number of nitrogens with zero attached hydrogens (tertiary/aromatic N) is 1. The molecule has 1 aliphatic heterocycles. The van der Waals surface area contributed by atoms with Gasteiger partial charge in [0.05, 0.1) is 12.6 Å². The first-order valence-corrected chi connectivity index (χ1v) is 8.76. The second-order valence-corrected chi connectivity index (χ2v) is 6.64. The summed E-state index contributed by atoms with van der Waals surface area (Å²) in [5, 5.41) is 2.76. The Hall–Kier alpha value is -2.62. The van der Waals surface area contributed by atoms with E-state index >= 15 is 0 Å². The fourth-order valence-corrected chi connectivity index (χ4v) is 3.33. The smallest absolute Gasteiger partial charge is 0.251 e. The Bertz CT molecular complexity index is 771. The van der Waals surface area contributed by atoms with Crippen LogP contribution in [-0.2, 0) is 4.79 Å². The van der Waals surface area contributed by atoms with Crippen molar-refractivity contribution >= 4 is 11.8 Å². The number of hydrogen-bond donors (Lipinski definition) is 1. The summed E-state index contributed by atoms with van der Waals surface area (Å²) in [6.07, 6.45) is 1.97. The van der Waals surface area contributed by atoms with Gasteiger partial charge in [0, 0.05) is 12.1 Å². The summed E-state index contributed by atoms with van der Waals surface area (Å²) >= 11 is 0. The van der Waals surface area contributed by atoms with E-state index in [9.17, 15) is 9.59 Å². The van der Waals surface area contributed by atoms with Crippen molar-refractivity contribution < 1.29 is 9.59 Å². The molecule has 130 valence electrons. The Kier molecular flexibility index (Phi) is 5.17. The number of benzene rings is 2. The zero-order chi connectivity index (χ0) is 17.8. The van der Waals surface area contributed by atoms with Gasteiger partial charge in [0.25, 0.3) is 5.91 Å². The minimum atomic E-state index is -0.202. The third-order valence-electron chi connectivity index (χ3n) is 4.93. The molecule has 25 heavy (non-hydrogen) atoms. The lowest BCUT2D eigenvalue weighted by Crippen LogP contribution is -2.39. The first-order valence-electron chi connectivity index (χ1n) is 8.76. The largest absolute Gasteiger partial charge is 0.343 e. The van der Waals surface area contributed by atoms with Crippen LogP contribution in [0.25, 0.3) is 0 Å². The van der Waals surface area contributed by atoms with E-state index in [1.54, 1.807) is 6.07 Å². The number of carbonyl (C=O) groups excluding carboxylic acids is 2. The molecule has 4 heteroatoms. The first-order chi connectivity index (χ1) is 12.1. The number of hydrogen-bond acceptors (Lipinski definition) is 2. The average molecular weight is 336 g/mol. The van der Waals surface area contributed by atoms with Crippen molar-refractivity contribution in [3.8, 4) is 0 Å². The predicted molar refractivity (Wildman–Crippen MR) is 98.4 cm³/mol. The average Bonchev–Trinajstić information content (AvgIpc) is 3.12. The first kappa shape index (κ1) is 17.2. The minimum absolute atomic E-state index is 0.0245. The van der Waals surface area contributed by atoms with Crippen LogP contribution in [-0.4, -0.2) is 29.8 Å². The summed E-state index contributed by atoms with van der Waals surface area (Å²) in [5.41, 5.74) is 3.98. The highest BCUT2D eigenvalue weighted by atomic mass is 16.2. The highest BCUT2D eigenvalue weighted by Gasteiger charge is 2.29. The van der Waals surface area contributed by atoms with Crippen molar-refractivity contribution in [3.63, 3.8) is 0 Å². The molecule has 1 saturated heterocycles. The number of likely N-dealkylation sites (tertiary alicyclic amines) is 1. The molecule has 1 N–H and O–H groups in total. The molecule has 2 aromatic carbocycles. The molecule has 0 saturated carbocycles. The molecule has 1 heterocycles. The quantitative estimate of drug-likeness (QED) is 0.930. The summed E-state index contributed by atoms with van der Waals surface area (Å²) in [6.45, 7) is 4.77. The summed E-state index contributed by atoms with van der Waals surface area (Å²) in [5.74, 6) is -0.226. The Labute approximate surface area is 148 Å². The van der Waals surface area contributed by atoms with E-state index in [2.05, 4.69) is 17.4 Å². The van der Waals surface area contributed by atoms with E-state index in [0.717, 1.165) is 36.1 Å². The highest BCUT2D eigenvalue weighted by molar-refractivity contribution is 5.96. The summed E-state index contributed by atoms with van der Waals surface area (Å²) in [4.78, 5) is 26.8. The van der Waals surface area contributed by atoms with Crippen LogP contribution in [0.5, 0.6) is 0 Å². The molecule has 0 spiro atoms. The molecule has 1 aliphatic rings. The third-order valence-corrected chi connectivity index (χ3v) is 4.93. The molecule has 1 unspecified atom stereocenters. The molecule has 0 aliphatic carbocycles. The normalized spacial score (nSPS) is 16.7. The molecule has 1 fully saturated rings. The summed E-state index contributed by atoms with van der Waals surface area (Å²) in [6, 6.07) is 15.8. The minimum Gasteiger partial charge on any atom is -0.343 e. The van der Waals surface area contributed by atoms with Gasteiger partial charge in [0.2, 0.25) is 5.91 Å². The number of aryl methyl sites for hydroxylation is 2. The molecule has 1 atom stereocenters. The fraction of sp³-hybridized carbons (Fsp3) is 0.333. The molecule has 2 aromatic rings. The number of amides is 2. The topological polar surface area (TPSA) is 49.4 Å². The Balaban J connectivity index is 1.62. The maximum Gasteiger partial charge on any atom is 0.251 e. The Morgan fingerprint density at radius 1 is 1.08 bits per heavy atom. The molecule has 3 rings (SSSR count). The highest BCUT2D eigenvalue weighted by Crippen LogP contribution is 2.31. The van der Waals surface area contributed by atoms with Gasteiger partial charge in [0.1, 0.15) is 0 Å². The lowest BCUT2D eigenvalue weighted by Gasteiger charge is -2.25. The number of nitrogens with one attached hydrogen (secondary N) is 1. The maximum atomic E-state index is 12.6. The van der Waals surface area contributed by atoms with Gasteiger partial charge in [-0.25, -0.2) is 0 Å². The van der Waals surface area contributed by atoms with Gasteiger partial charge in [-0.05, 0) is 55.5 Å². The van der Waals surface area contributed by atoms with E-state index in [-0.39, 0.29) is 24.4 Å². The third kappa shape index (κ3) is 3.90. The second kappa shape index (κ2) is 7.51. The number of rotatable bonds is 4. The van der Waals surface area contributed by atoms with Crippen molar-refractivity contribution in [2.24, 2.45) is 0 Å². The van der Waals surface area contributed by atoms with Gasteiger partial charge in [-0.1, -0.05) is 36.4 Å². The van der Waals surface area contributed by atoms with Crippen LogP contribution in [0.2, 0.25) is 0 Å². The van der Waals surface area contributed by atoms with Crippen molar-refractivity contribution in [3.05, 3.63) is 70.8 Å². The van der Waals surface area contributed by atoms with Gasteiger partial charge in [-0.2, -0.15) is 0 Å². The van der Waals surface area contributed by atoms with Gasteiger partial charge >= 0.3 is 0 Å². The van der Waals surface area contributed by atoms with Crippen LogP contribution in [0.3, 0.4) is 0 Å². The predicted octanol–water partition coefficient (Wildman–Crippen LogP) is 3.40. The van der Waals surface area contributed by atoms with Crippen molar-refractivity contribution in [1.29, 1.82) is 0 Å². The van der Waals surface area contributed by atoms with E-state index in [1.165, 1.54) is 0 Å². The van der Waals surface area contributed by atoms with Gasteiger partial charge < -0.3 is 10.2 Å². The lowest BCUT2D eigenvalue weighted by atomic mass is 10.0. The van der Waals surface area contributed by atoms with Crippen LogP contribution < -0.4 is 5.32 Å². The van der Waals surface area contributed by atoms with Crippen LogP contribution in [0.1, 0.15) is 45.9 Å². The van der Waals surface area contributed by atoms with Crippen LogP contribution in [0, 0.1) is 13.8 Å².